The first-order valence-corrected chi connectivity index (χ1v) is 7.90. The molecule has 1 aromatic carbocycles. The fourth-order valence-electron chi connectivity index (χ4n) is 4.76. The molecule has 1 N–H and O–H groups in total. The second kappa shape index (κ2) is 4.52. The predicted octanol–water partition coefficient (Wildman–Crippen LogP) is 3.64. The molecule has 0 amide bonds. The van der Waals surface area contributed by atoms with Gasteiger partial charge >= 0.3 is 0 Å². The summed E-state index contributed by atoms with van der Waals surface area (Å²) in [5.74, 6) is 1.39. The summed E-state index contributed by atoms with van der Waals surface area (Å²) >= 11 is 0. The van der Waals surface area contributed by atoms with E-state index in [4.69, 9.17) is 0 Å². The highest BCUT2D eigenvalue weighted by Crippen LogP contribution is 2.45. The summed E-state index contributed by atoms with van der Waals surface area (Å²) in [6, 6.07) is 7.48. The van der Waals surface area contributed by atoms with E-state index >= 15 is 0 Å². The Bertz CT molecular complexity index is 484. The van der Waals surface area contributed by atoms with Crippen LogP contribution in [0.2, 0.25) is 0 Å². The summed E-state index contributed by atoms with van der Waals surface area (Å²) < 4.78 is 0. The van der Waals surface area contributed by atoms with E-state index in [1.54, 1.807) is 0 Å². The number of aryl methyl sites for hydroxylation is 1. The molecule has 19 heavy (non-hydrogen) atoms. The lowest BCUT2D eigenvalue weighted by atomic mass is 9.85. The van der Waals surface area contributed by atoms with Crippen LogP contribution in [0.25, 0.3) is 0 Å². The third-order valence-electron chi connectivity index (χ3n) is 5.63. The van der Waals surface area contributed by atoms with E-state index in [9.17, 15) is 5.11 Å². The van der Waals surface area contributed by atoms with Crippen molar-refractivity contribution in [1.29, 1.82) is 0 Å². The second-order valence-corrected chi connectivity index (χ2v) is 6.58. The Morgan fingerprint density at radius 1 is 1.05 bits per heavy atom. The van der Waals surface area contributed by atoms with Crippen LogP contribution < -0.4 is 0 Å². The van der Waals surface area contributed by atoms with Crippen LogP contribution in [0.4, 0.5) is 0 Å². The molecule has 1 saturated carbocycles. The molecular weight excluding hydrogens is 234 g/mol. The SMILES string of the molecule is Oc1ccc2c(c1)CCC2N1CCC2CCCCC21. The van der Waals surface area contributed by atoms with Crippen LogP contribution in [-0.4, -0.2) is 22.6 Å². The van der Waals surface area contributed by atoms with Crippen LogP contribution in [0.1, 0.15) is 55.7 Å². The maximum atomic E-state index is 9.62. The molecule has 1 saturated heterocycles. The summed E-state index contributed by atoms with van der Waals surface area (Å²) in [6.07, 6.45) is 9.54. The average molecular weight is 257 g/mol. The van der Waals surface area contributed by atoms with Gasteiger partial charge in [-0.2, -0.15) is 0 Å². The first-order chi connectivity index (χ1) is 9.33. The maximum absolute atomic E-state index is 9.62. The highest BCUT2D eigenvalue weighted by atomic mass is 16.3. The molecule has 0 aromatic heterocycles. The van der Waals surface area contributed by atoms with Crippen molar-refractivity contribution >= 4 is 0 Å². The summed E-state index contributed by atoms with van der Waals surface area (Å²) in [5, 5.41) is 9.62. The first-order valence-electron chi connectivity index (χ1n) is 7.90. The van der Waals surface area contributed by atoms with Crippen molar-refractivity contribution in [1.82, 2.24) is 4.90 Å². The van der Waals surface area contributed by atoms with Crippen LogP contribution in [0.5, 0.6) is 5.75 Å². The zero-order valence-electron chi connectivity index (χ0n) is 11.5. The minimum atomic E-state index is 0.427. The Balaban J connectivity index is 1.61. The molecule has 3 aliphatic rings. The number of likely N-dealkylation sites (tertiary alicyclic amines) is 1. The van der Waals surface area contributed by atoms with E-state index in [1.165, 1.54) is 56.2 Å². The number of aromatic hydroxyl groups is 1. The zero-order valence-corrected chi connectivity index (χ0v) is 11.5. The van der Waals surface area contributed by atoms with E-state index in [2.05, 4.69) is 11.0 Å². The monoisotopic (exact) mass is 257 g/mol. The fraction of sp³-hybridized carbons (Fsp3) is 0.647. The molecule has 2 aliphatic carbocycles. The number of hydrogen-bond donors (Lipinski definition) is 1. The van der Waals surface area contributed by atoms with E-state index in [-0.39, 0.29) is 0 Å². The quantitative estimate of drug-likeness (QED) is 0.830. The predicted molar refractivity (Wildman–Crippen MR) is 76.2 cm³/mol. The minimum Gasteiger partial charge on any atom is -0.508 e. The molecule has 2 nitrogen and oxygen atoms in total. The van der Waals surface area contributed by atoms with E-state index < -0.39 is 0 Å². The summed E-state index contributed by atoms with van der Waals surface area (Å²) in [5.41, 5.74) is 2.87. The van der Waals surface area contributed by atoms with Crippen molar-refractivity contribution < 1.29 is 5.11 Å². The molecule has 0 radical (unpaired) electrons. The number of fused-ring (bicyclic) bond motifs is 2. The van der Waals surface area contributed by atoms with Gasteiger partial charge in [0.25, 0.3) is 0 Å². The van der Waals surface area contributed by atoms with Crippen LogP contribution in [0.3, 0.4) is 0 Å². The number of phenolic OH excluding ortho intramolecular Hbond substituents is 1. The molecule has 1 aliphatic heterocycles. The smallest absolute Gasteiger partial charge is 0.115 e. The Morgan fingerprint density at radius 2 is 1.95 bits per heavy atom. The van der Waals surface area contributed by atoms with Crippen molar-refractivity contribution in [3.8, 4) is 5.75 Å². The standard InChI is InChI=1S/C17H23NO/c19-14-6-7-15-13(11-14)5-8-17(15)18-10-9-12-3-1-2-4-16(12)18/h6-7,11-12,16-17,19H,1-5,8-10H2. The van der Waals surface area contributed by atoms with Gasteiger partial charge < -0.3 is 5.11 Å². The van der Waals surface area contributed by atoms with E-state index in [0.29, 0.717) is 11.8 Å². The molecule has 2 heteroatoms. The van der Waals surface area contributed by atoms with Gasteiger partial charge in [-0.3, -0.25) is 4.90 Å². The van der Waals surface area contributed by atoms with E-state index in [1.807, 2.05) is 12.1 Å². The van der Waals surface area contributed by atoms with Gasteiger partial charge in [-0.15, -0.1) is 0 Å². The average Bonchev–Trinajstić information content (AvgIpc) is 3.01. The molecule has 2 fully saturated rings. The van der Waals surface area contributed by atoms with Crippen LogP contribution in [0, 0.1) is 5.92 Å². The van der Waals surface area contributed by atoms with Gasteiger partial charge in [0, 0.05) is 12.1 Å². The number of nitrogens with zero attached hydrogens (tertiary/aromatic N) is 1. The molecule has 0 bridgehead atoms. The number of rotatable bonds is 1. The van der Waals surface area contributed by atoms with Crippen molar-refractivity contribution in [3.63, 3.8) is 0 Å². The topological polar surface area (TPSA) is 23.5 Å². The van der Waals surface area contributed by atoms with Crippen LogP contribution in [-0.2, 0) is 6.42 Å². The first kappa shape index (κ1) is 11.8. The van der Waals surface area contributed by atoms with Gasteiger partial charge in [0.1, 0.15) is 5.75 Å². The normalized spacial score (nSPS) is 34.2. The molecule has 0 spiro atoms. The molecule has 3 unspecified atom stereocenters. The maximum Gasteiger partial charge on any atom is 0.115 e. The zero-order chi connectivity index (χ0) is 12.8. The third kappa shape index (κ3) is 1.88. The molecule has 102 valence electrons. The summed E-state index contributed by atoms with van der Waals surface area (Å²) in [7, 11) is 0. The third-order valence-corrected chi connectivity index (χ3v) is 5.63. The largest absolute Gasteiger partial charge is 0.508 e. The lowest BCUT2D eigenvalue weighted by Crippen LogP contribution is -2.36. The van der Waals surface area contributed by atoms with Gasteiger partial charge in [-0.05, 0) is 67.8 Å². The van der Waals surface area contributed by atoms with Crippen molar-refractivity contribution in [2.24, 2.45) is 5.92 Å². The summed E-state index contributed by atoms with van der Waals surface area (Å²) in [6.45, 7) is 1.29. The van der Waals surface area contributed by atoms with Gasteiger partial charge in [-0.1, -0.05) is 18.9 Å². The Morgan fingerprint density at radius 3 is 2.89 bits per heavy atom. The Labute approximate surface area is 115 Å². The minimum absolute atomic E-state index is 0.427. The molecule has 1 heterocycles. The van der Waals surface area contributed by atoms with Crippen molar-refractivity contribution in [2.75, 3.05) is 6.54 Å². The number of benzene rings is 1. The summed E-state index contributed by atoms with van der Waals surface area (Å²) in [4.78, 5) is 2.80. The highest BCUT2D eigenvalue weighted by Gasteiger charge is 2.41. The highest BCUT2D eigenvalue weighted by molar-refractivity contribution is 5.40. The van der Waals surface area contributed by atoms with Gasteiger partial charge in [0.2, 0.25) is 0 Å². The fourth-order valence-corrected chi connectivity index (χ4v) is 4.76. The Hall–Kier alpha value is -1.02. The Kier molecular flexibility index (Phi) is 2.80. The lowest BCUT2D eigenvalue weighted by Gasteiger charge is -2.36. The van der Waals surface area contributed by atoms with Crippen LogP contribution in [0.15, 0.2) is 18.2 Å². The van der Waals surface area contributed by atoms with Crippen molar-refractivity contribution in [3.05, 3.63) is 29.3 Å². The van der Waals surface area contributed by atoms with Crippen molar-refractivity contribution in [2.45, 2.75) is 57.0 Å². The molecular formula is C17H23NO. The van der Waals surface area contributed by atoms with Gasteiger partial charge in [0.15, 0.2) is 0 Å². The second-order valence-electron chi connectivity index (χ2n) is 6.58. The number of hydrogen-bond acceptors (Lipinski definition) is 2. The molecule has 4 rings (SSSR count). The number of phenols is 1. The van der Waals surface area contributed by atoms with Gasteiger partial charge in [-0.25, -0.2) is 0 Å². The molecule has 1 aromatic rings. The van der Waals surface area contributed by atoms with Gasteiger partial charge in [0.05, 0.1) is 0 Å². The lowest BCUT2D eigenvalue weighted by molar-refractivity contribution is 0.132. The molecule has 3 atom stereocenters. The van der Waals surface area contributed by atoms with E-state index in [0.717, 1.165) is 18.4 Å². The van der Waals surface area contributed by atoms with Crippen LogP contribution >= 0.6 is 0 Å².